The number of nitrogen functional groups attached to an aromatic ring is 1. The highest BCUT2D eigenvalue weighted by Gasteiger charge is 2.37. The number of amides is 1. The Hall–Kier alpha value is -1.51. The molecule has 0 bridgehead atoms. The minimum atomic E-state index is 0.183. The summed E-state index contributed by atoms with van der Waals surface area (Å²) in [5, 5.41) is 0. The van der Waals surface area contributed by atoms with Gasteiger partial charge >= 0.3 is 0 Å². The van der Waals surface area contributed by atoms with Crippen LogP contribution in [0.15, 0.2) is 18.2 Å². The Morgan fingerprint density at radius 1 is 1.31 bits per heavy atom. The zero-order valence-corrected chi connectivity index (χ0v) is 9.86. The summed E-state index contributed by atoms with van der Waals surface area (Å²) in [6, 6.07) is 6.05. The number of nitrogens with two attached hydrogens (primary N) is 1. The second-order valence-electron chi connectivity index (χ2n) is 4.08. The van der Waals surface area contributed by atoms with Crippen molar-refractivity contribution in [2.75, 3.05) is 5.73 Å². The van der Waals surface area contributed by atoms with Gasteiger partial charge in [-0.2, -0.15) is 0 Å². The van der Waals surface area contributed by atoms with E-state index in [-0.39, 0.29) is 5.91 Å². The molecular weight excluding hydrogens is 200 g/mol. The van der Waals surface area contributed by atoms with Gasteiger partial charge in [0.15, 0.2) is 0 Å². The van der Waals surface area contributed by atoms with Crippen molar-refractivity contribution in [1.29, 1.82) is 0 Å². The summed E-state index contributed by atoms with van der Waals surface area (Å²) in [6.07, 6.45) is 2.32. The van der Waals surface area contributed by atoms with E-state index in [4.69, 9.17) is 5.73 Å². The van der Waals surface area contributed by atoms with Crippen molar-refractivity contribution in [2.45, 2.75) is 39.3 Å². The van der Waals surface area contributed by atoms with Gasteiger partial charge in [-0.3, -0.25) is 4.79 Å². The molecule has 1 aliphatic carbocycles. The summed E-state index contributed by atoms with van der Waals surface area (Å²) in [7, 11) is 0. The fourth-order valence-corrected chi connectivity index (χ4v) is 2.04. The summed E-state index contributed by atoms with van der Waals surface area (Å²) < 4.78 is 0. The van der Waals surface area contributed by atoms with Gasteiger partial charge in [0.05, 0.1) is 0 Å². The number of nitrogens with zero attached hydrogens (tertiary/aromatic N) is 1. The third-order valence-electron chi connectivity index (χ3n) is 2.95. The summed E-state index contributed by atoms with van der Waals surface area (Å²) >= 11 is 0. The lowest BCUT2D eigenvalue weighted by Crippen LogP contribution is -2.25. The Morgan fingerprint density at radius 3 is 2.62 bits per heavy atom. The van der Waals surface area contributed by atoms with Gasteiger partial charge in [-0.25, -0.2) is 0 Å². The third-order valence-corrected chi connectivity index (χ3v) is 2.95. The highest BCUT2D eigenvalue weighted by Crippen LogP contribution is 2.34. The summed E-state index contributed by atoms with van der Waals surface area (Å²) in [5.41, 5.74) is 8.35. The lowest BCUT2D eigenvalue weighted by atomic mass is 10.1. The maximum Gasteiger partial charge on any atom is 0.254 e. The number of hydrogen-bond acceptors (Lipinski definition) is 2. The molecule has 1 amide bonds. The molecule has 1 aliphatic heterocycles. The van der Waals surface area contributed by atoms with Crippen molar-refractivity contribution in [2.24, 2.45) is 0 Å². The van der Waals surface area contributed by atoms with Crippen LogP contribution < -0.4 is 5.73 Å². The van der Waals surface area contributed by atoms with Crippen LogP contribution in [0, 0.1) is 0 Å². The molecule has 0 aromatic heterocycles. The van der Waals surface area contributed by atoms with Crippen molar-refractivity contribution < 1.29 is 4.79 Å². The van der Waals surface area contributed by atoms with Crippen LogP contribution in [0.2, 0.25) is 0 Å². The Bertz CT molecular complexity index is 410. The normalized spacial score (nSPS) is 17.9. The molecule has 1 aromatic carbocycles. The first kappa shape index (κ1) is 11.0. The Morgan fingerprint density at radius 2 is 2.00 bits per heavy atom. The first-order chi connectivity index (χ1) is 7.75. The molecule has 3 heteroatoms. The van der Waals surface area contributed by atoms with E-state index in [1.54, 1.807) is 6.07 Å². The van der Waals surface area contributed by atoms with Crippen LogP contribution in [0.1, 0.15) is 42.6 Å². The largest absolute Gasteiger partial charge is 0.399 e. The highest BCUT2D eigenvalue weighted by molar-refractivity contribution is 5.99. The average molecular weight is 218 g/mol. The number of anilines is 1. The van der Waals surface area contributed by atoms with Gasteiger partial charge in [-0.1, -0.05) is 13.8 Å². The number of fused-ring (bicyclic) bond motifs is 1. The fraction of sp³-hybridized carbons (Fsp3) is 0.462. The van der Waals surface area contributed by atoms with E-state index >= 15 is 0 Å². The number of benzene rings is 1. The summed E-state index contributed by atoms with van der Waals surface area (Å²) in [4.78, 5) is 13.8. The van der Waals surface area contributed by atoms with E-state index in [1.807, 2.05) is 30.9 Å². The molecule has 1 aromatic rings. The van der Waals surface area contributed by atoms with Crippen LogP contribution in [-0.2, 0) is 6.54 Å². The molecule has 0 unspecified atom stereocenters. The van der Waals surface area contributed by atoms with Crippen LogP contribution in [0.5, 0.6) is 0 Å². The van der Waals surface area contributed by atoms with Gasteiger partial charge in [-0.15, -0.1) is 0 Å². The van der Waals surface area contributed by atoms with Crippen molar-refractivity contribution in [3.8, 4) is 0 Å². The van der Waals surface area contributed by atoms with Crippen LogP contribution in [0.25, 0.3) is 0 Å². The zero-order chi connectivity index (χ0) is 11.7. The molecule has 0 radical (unpaired) electrons. The summed E-state index contributed by atoms with van der Waals surface area (Å²) in [5.74, 6) is 0.183. The molecule has 1 fully saturated rings. The van der Waals surface area contributed by atoms with Crippen LogP contribution in [0.4, 0.5) is 5.69 Å². The predicted octanol–water partition coefficient (Wildman–Crippen LogP) is 2.41. The Labute approximate surface area is 96.2 Å². The second kappa shape index (κ2) is 4.16. The molecule has 0 spiro atoms. The molecule has 86 valence electrons. The van der Waals surface area contributed by atoms with Crippen molar-refractivity contribution in [1.82, 2.24) is 4.90 Å². The van der Waals surface area contributed by atoms with Gasteiger partial charge < -0.3 is 10.6 Å². The van der Waals surface area contributed by atoms with Crippen molar-refractivity contribution in [3.05, 3.63) is 29.3 Å². The second-order valence-corrected chi connectivity index (χ2v) is 4.08. The van der Waals surface area contributed by atoms with E-state index in [1.165, 1.54) is 0 Å². The maximum atomic E-state index is 11.9. The van der Waals surface area contributed by atoms with Gasteiger partial charge in [0, 0.05) is 23.8 Å². The molecule has 1 saturated carbocycles. The van der Waals surface area contributed by atoms with Crippen LogP contribution in [-0.4, -0.2) is 16.8 Å². The topological polar surface area (TPSA) is 46.3 Å². The Balaban J connectivity index is 0.000000457. The minimum Gasteiger partial charge on any atom is -0.399 e. The van der Waals surface area contributed by atoms with E-state index in [0.29, 0.717) is 6.04 Å². The molecule has 3 rings (SSSR count). The minimum absolute atomic E-state index is 0.183. The maximum absolute atomic E-state index is 11.9. The third kappa shape index (κ3) is 1.77. The zero-order valence-electron chi connectivity index (χ0n) is 9.86. The van der Waals surface area contributed by atoms with Crippen LogP contribution in [0.3, 0.4) is 0 Å². The van der Waals surface area contributed by atoms with Crippen molar-refractivity contribution >= 4 is 11.6 Å². The number of hydrogen-bond donors (Lipinski definition) is 1. The standard InChI is InChI=1S/C11H12N2O.C2H6/c12-8-1-4-10-7(5-8)6-13(11(10)14)9-2-3-9;1-2/h1,4-5,9H,2-3,6,12H2;1-2H3. The smallest absolute Gasteiger partial charge is 0.254 e. The molecule has 2 N–H and O–H groups in total. The fourth-order valence-electron chi connectivity index (χ4n) is 2.04. The summed E-state index contributed by atoms with van der Waals surface area (Å²) in [6.45, 7) is 4.75. The number of rotatable bonds is 1. The molecule has 0 saturated heterocycles. The van der Waals surface area contributed by atoms with Crippen molar-refractivity contribution in [3.63, 3.8) is 0 Å². The molecule has 2 aliphatic rings. The molecule has 3 nitrogen and oxygen atoms in total. The van der Waals surface area contributed by atoms with Gasteiger partial charge in [-0.05, 0) is 36.6 Å². The molecule has 16 heavy (non-hydrogen) atoms. The monoisotopic (exact) mass is 218 g/mol. The quantitative estimate of drug-likeness (QED) is 0.736. The number of carbonyl (C=O) groups is 1. The highest BCUT2D eigenvalue weighted by atomic mass is 16.2. The van der Waals surface area contributed by atoms with E-state index in [0.717, 1.165) is 36.2 Å². The molecule has 0 atom stereocenters. The Kier molecular flexibility index (Phi) is 2.86. The van der Waals surface area contributed by atoms with Gasteiger partial charge in [0.25, 0.3) is 5.91 Å². The number of carbonyl (C=O) groups excluding carboxylic acids is 1. The predicted molar refractivity (Wildman–Crippen MR) is 65.1 cm³/mol. The van der Waals surface area contributed by atoms with E-state index in [2.05, 4.69) is 0 Å². The van der Waals surface area contributed by atoms with Crippen LogP contribution >= 0.6 is 0 Å². The van der Waals surface area contributed by atoms with E-state index in [9.17, 15) is 4.79 Å². The van der Waals surface area contributed by atoms with Gasteiger partial charge in [0.2, 0.25) is 0 Å². The average Bonchev–Trinajstić information content (AvgIpc) is 3.08. The SMILES string of the molecule is CC.Nc1ccc2c(c1)CN(C1CC1)C2=O. The molecular formula is C13H18N2O. The molecule has 1 heterocycles. The first-order valence-electron chi connectivity index (χ1n) is 5.95. The van der Waals surface area contributed by atoms with E-state index < -0.39 is 0 Å². The first-order valence-corrected chi connectivity index (χ1v) is 5.95. The van der Waals surface area contributed by atoms with Gasteiger partial charge in [0.1, 0.15) is 0 Å². The lowest BCUT2D eigenvalue weighted by molar-refractivity contribution is 0.0766. The lowest BCUT2D eigenvalue weighted by Gasteiger charge is -2.13.